The molecule has 0 spiro atoms. The molecule has 0 saturated heterocycles. The Labute approximate surface area is 82.4 Å². The number of anilines is 1. The number of nitrogens with two attached hydrogens (primary N) is 1. The molecular weight excluding hydrogens is 210 g/mol. The van der Waals surface area contributed by atoms with E-state index in [-0.39, 0.29) is 9.92 Å². The third-order valence-electron chi connectivity index (χ3n) is 1.72. The van der Waals surface area contributed by atoms with Crippen LogP contribution in [0.1, 0.15) is 5.56 Å². The summed E-state index contributed by atoms with van der Waals surface area (Å²) in [4.78, 5) is 0.126. The molecule has 0 aliphatic rings. The molecule has 1 rings (SSSR count). The molecule has 1 aromatic carbocycles. The van der Waals surface area contributed by atoms with Crippen molar-refractivity contribution < 1.29 is 8.42 Å². The number of nitrogen functional groups attached to an aromatic ring is 1. The Balaban J connectivity index is 3.50. The lowest BCUT2D eigenvalue weighted by atomic mass is 10.2. The van der Waals surface area contributed by atoms with E-state index < -0.39 is 9.84 Å². The van der Waals surface area contributed by atoms with E-state index in [1.807, 2.05) is 0 Å². The van der Waals surface area contributed by atoms with Crippen LogP contribution >= 0.6 is 11.6 Å². The van der Waals surface area contributed by atoms with Gasteiger partial charge in [0.2, 0.25) is 0 Å². The average molecular weight is 220 g/mol. The summed E-state index contributed by atoms with van der Waals surface area (Å²) in [7, 11) is -3.26. The highest BCUT2D eigenvalue weighted by molar-refractivity contribution is 7.90. The van der Waals surface area contributed by atoms with Gasteiger partial charge in [-0.2, -0.15) is 0 Å². The van der Waals surface area contributed by atoms with E-state index >= 15 is 0 Å². The van der Waals surface area contributed by atoms with Gasteiger partial charge in [-0.1, -0.05) is 11.6 Å². The lowest BCUT2D eigenvalue weighted by Gasteiger charge is -2.05. The highest BCUT2D eigenvalue weighted by Gasteiger charge is 2.13. The van der Waals surface area contributed by atoms with Gasteiger partial charge in [-0.3, -0.25) is 0 Å². The third-order valence-corrected chi connectivity index (χ3v) is 3.28. The van der Waals surface area contributed by atoms with Crippen molar-refractivity contribution in [3.63, 3.8) is 0 Å². The van der Waals surface area contributed by atoms with E-state index in [0.717, 1.165) is 6.26 Å². The van der Waals surface area contributed by atoms with Gasteiger partial charge >= 0.3 is 0 Å². The number of hydrogen-bond acceptors (Lipinski definition) is 3. The number of hydrogen-bond donors (Lipinski definition) is 1. The minimum atomic E-state index is -3.26. The Hall–Kier alpha value is -0.740. The summed E-state index contributed by atoms with van der Waals surface area (Å²) in [6.45, 7) is 1.74. The van der Waals surface area contributed by atoms with Gasteiger partial charge in [0.15, 0.2) is 9.84 Å². The topological polar surface area (TPSA) is 60.2 Å². The molecule has 2 N–H and O–H groups in total. The van der Waals surface area contributed by atoms with Crippen molar-refractivity contribution in [3.8, 4) is 0 Å². The quantitative estimate of drug-likeness (QED) is 0.731. The van der Waals surface area contributed by atoms with Gasteiger partial charge in [0.25, 0.3) is 0 Å². The van der Waals surface area contributed by atoms with Gasteiger partial charge in [-0.25, -0.2) is 8.42 Å². The molecule has 3 nitrogen and oxygen atoms in total. The fraction of sp³-hybridized carbons (Fsp3) is 0.250. The SMILES string of the molecule is Cc1cc(S(C)(=O)=O)c(Cl)cc1N. The minimum Gasteiger partial charge on any atom is -0.398 e. The van der Waals surface area contributed by atoms with Crippen molar-refractivity contribution in [2.75, 3.05) is 12.0 Å². The van der Waals surface area contributed by atoms with E-state index in [9.17, 15) is 8.42 Å². The first kappa shape index (κ1) is 10.3. The zero-order valence-electron chi connectivity index (χ0n) is 7.33. The van der Waals surface area contributed by atoms with E-state index in [1.54, 1.807) is 6.92 Å². The molecule has 0 aromatic heterocycles. The van der Waals surface area contributed by atoms with Crippen molar-refractivity contribution in [1.29, 1.82) is 0 Å². The van der Waals surface area contributed by atoms with Crippen LogP contribution in [0, 0.1) is 6.92 Å². The predicted octanol–water partition coefficient (Wildman–Crippen LogP) is 1.63. The Kier molecular flexibility index (Phi) is 2.54. The van der Waals surface area contributed by atoms with Crippen LogP contribution in [0.2, 0.25) is 5.02 Å². The van der Waals surface area contributed by atoms with Crippen molar-refractivity contribution in [3.05, 3.63) is 22.7 Å². The molecule has 13 heavy (non-hydrogen) atoms. The molecule has 0 bridgehead atoms. The fourth-order valence-corrected chi connectivity index (χ4v) is 2.35. The number of aryl methyl sites for hydroxylation is 1. The largest absolute Gasteiger partial charge is 0.398 e. The Morgan fingerprint density at radius 3 is 2.38 bits per heavy atom. The van der Waals surface area contributed by atoms with Crippen LogP contribution in [-0.2, 0) is 9.84 Å². The van der Waals surface area contributed by atoms with Crippen molar-refractivity contribution in [1.82, 2.24) is 0 Å². The van der Waals surface area contributed by atoms with Gasteiger partial charge in [0.1, 0.15) is 0 Å². The molecule has 0 radical (unpaired) electrons. The van der Waals surface area contributed by atoms with Crippen molar-refractivity contribution >= 4 is 27.1 Å². The van der Waals surface area contributed by atoms with Gasteiger partial charge in [-0.05, 0) is 24.6 Å². The summed E-state index contributed by atoms with van der Waals surface area (Å²) >= 11 is 5.73. The maximum Gasteiger partial charge on any atom is 0.177 e. The Bertz CT molecular complexity index is 440. The molecule has 0 unspecified atom stereocenters. The molecule has 0 saturated carbocycles. The van der Waals surface area contributed by atoms with Crippen molar-refractivity contribution in [2.24, 2.45) is 0 Å². The van der Waals surface area contributed by atoms with E-state index in [2.05, 4.69) is 0 Å². The molecule has 0 amide bonds. The Morgan fingerprint density at radius 1 is 1.38 bits per heavy atom. The van der Waals surface area contributed by atoms with Crippen LogP contribution in [0.25, 0.3) is 0 Å². The molecule has 0 aliphatic heterocycles. The van der Waals surface area contributed by atoms with Gasteiger partial charge in [-0.15, -0.1) is 0 Å². The molecule has 5 heteroatoms. The number of sulfone groups is 1. The molecule has 72 valence electrons. The lowest BCUT2D eigenvalue weighted by Crippen LogP contribution is -2.00. The van der Waals surface area contributed by atoms with Gasteiger partial charge < -0.3 is 5.73 Å². The highest BCUT2D eigenvalue weighted by Crippen LogP contribution is 2.26. The summed E-state index contributed by atoms with van der Waals surface area (Å²) in [5.41, 5.74) is 6.76. The van der Waals surface area contributed by atoms with Crippen molar-refractivity contribution in [2.45, 2.75) is 11.8 Å². The molecule has 0 aliphatic carbocycles. The smallest absolute Gasteiger partial charge is 0.177 e. The average Bonchev–Trinajstić information content (AvgIpc) is 1.94. The van der Waals surface area contributed by atoms with Crippen LogP contribution < -0.4 is 5.73 Å². The molecule has 1 aromatic rings. The van der Waals surface area contributed by atoms with Gasteiger partial charge in [0.05, 0.1) is 9.92 Å². The summed E-state index contributed by atoms with van der Waals surface area (Å²) in [5, 5.41) is 0.172. The first-order valence-corrected chi connectivity index (χ1v) is 5.85. The summed E-state index contributed by atoms with van der Waals surface area (Å²) < 4.78 is 22.4. The zero-order chi connectivity index (χ0) is 10.2. The number of benzene rings is 1. The van der Waals surface area contributed by atoms with Crippen LogP contribution in [0.3, 0.4) is 0 Å². The second-order valence-corrected chi connectivity index (χ2v) is 5.30. The molecular formula is C8H10ClNO2S. The predicted molar refractivity (Wildman–Crippen MR) is 53.7 cm³/mol. The second-order valence-electron chi connectivity index (χ2n) is 2.91. The molecule has 0 heterocycles. The maximum atomic E-state index is 11.2. The summed E-state index contributed by atoms with van der Waals surface area (Å²) in [6, 6.07) is 2.93. The number of rotatable bonds is 1. The Morgan fingerprint density at radius 2 is 1.92 bits per heavy atom. The lowest BCUT2D eigenvalue weighted by molar-refractivity contribution is 0.602. The monoisotopic (exact) mass is 219 g/mol. The van der Waals surface area contributed by atoms with E-state index in [4.69, 9.17) is 17.3 Å². The summed E-state index contributed by atoms with van der Waals surface area (Å²) in [5.74, 6) is 0. The van der Waals surface area contributed by atoms with Crippen LogP contribution in [-0.4, -0.2) is 14.7 Å². The molecule has 0 atom stereocenters. The first-order chi connectivity index (χ1) is 5.82. The maximum absolute atomic E-state index is 11.2. The minimum absolute atomic E-state index is 0.126. The normalized spacial score (nSPS) is 11.6. The number of halogens is 1. The first-order valence-electron chi connectivity index (χ1n) is 3.58. The van der Waals surface area contributed by atoms with E-state index in [1.165, 1.54) is 12.1 Å². The standard InChI is InChI=1S/C8H10ClNO2S/c1-5-3-8(13(2,11)12)6(9)4-7(5)10/h3-4H,10H2,1-2H3. The van der Waals surface area contributed by atoms with Crippen LogP contribution in [0.5, 0.6) is 0 Å². The second kappa shape index (κ2) is 3.20. The zero-order valence-corrected chi connectivity index (χ0v) is 8.91. The summed E-state index contributed by atoms with van der Waals surface area (Å²) in [6.07, 6.45) is 1.11. The van der Waals surface area contributed by atoms with Crippen LogP contribution in [0.4, 0.5) is 5.69 Å². The fourth-order valence-electron chi connectivity index (χ4n) is 0.955. The van der Waals surface area contributed by atoms with E-state index in [0.29, 0.717) is 11.3 Å². The third kappa shape index (κ3) is 2.14. The molecule has 0 fully saturated rings. The highest BCUT2D eigenvalue weighted by atomic mass is 35.5. The van der Waals surface area contributed by atoms with Crippen LogP contribution in [0.15, 0.2) is 17.0 Å². The van der Waals surface area contributed by atoms with Gasteiger partial charge in [0, 0.05) is 11.9 Å².